The first kappa shape index (κ1) is 18.9. The van der Waals surface area contributed by atoms with Crippen molar-refractivity contribution in [2.75, 3.05) is 13.6 Å². The summed E-state index contributed by atoms with van der Waals surface area (Å²) in [6, 6.07) is 18.3. The zero-order valence-electron chi connectivity index (χ0n) is 15.3. The number of nitrogens with zero attached hydrogens (tertiary/aromatic N) is 2. The van der Waals surface area contributed by atoms with E-state index >= 15 is 0 Å². The molecule has 0 saturated carbocycles. The van der Waals surface area contributed by atoms with Crippen LogP contribution >= 0.6 is 0 Å². The second-order valence-corrected chi connectivity index (χ2v) is 6.78. The summed E-state index contributed by atoms with van der Waals surface area (Å²) in [5, 5.41) is 10.0. The summed E-state index contributed by atoms with van der Waals surface area (Å²) < 4.78 is 5.34. The Balaban J connectivity index is 1.62. The monoisotopic (exact) mass is 368 g/mol. The van der Waals surface area contributed by atoms with Crippen LogP contribution in [0.25, 0.3) is 0 Å². The van der Waals surface area contributed by atoms with E-state index in [4.69, 9.17) is 4.74 Å². The summed E-state index contributed by atoms with van der Waals surface area (Å²) in [6.45, 7) is 0.676. The van der Waals surface area contributed by atoms with E-state index in [0.29, 0.717) is 6.54 Å². The normalized spacial score (nSPS) is 19.0. The Hall–Kier alpha value is -2.86. The number of hydrogen-bond donors (Lipinski definition) is 1. The lowest BCUT2D eigenvalue weighted by Crippen LogP contribution is -2.46. The molecule has 1 saturated heterocycles. The molecule has 1 N–H and O–H groups in total. The van der Waals surface area contributed by atoms with Crippen LogP contribution in [-0.2, 0) is 22.7 Å². The Bertz CT molecular complexity index is 766. The van der Waals surface area contributed by atoms with Gasteiger partial charge in [-0.15, -0.1) is 0 Å². The summed E-state index contributed by atoms with van der Waals surface area (Å²) >= 11 is 0. The number of benzene rings is 2. The summed E-state index contributed by atoms with van der Waals surface area (Å²) in [4.78, 5) is 28.2. The fourth-order valence-corrected chi connectivity index (χ4v) is 3.24. The van der Waals surface area contributed by atoms with Gasteiger partial charge in [0.15, 0.2) is 0 Å². The van der Waals surface area contributed by atoms with Gasteiger partial charge in [-0.3, -0.25) is 9.69 Å². The first-order chi connectivity index (χ1) is 13.0. The minimum absolute atomic E-state index is 0.100. The Morgan fingerprint density at radius 2 is 1.67 bits per heavy atom. The topological polar surface area (TPSA) is 70.1 Å². The predicted molar refractivity (Wildman–Crippen MR) is 101 cm³/mol. The molecule has 1 aliphatic rings. The van der Waals surface area contributed by atoms with Crippen LogP contribution in [0.3, 0.4) is 0 Å². The van der Waals surface area contributed by atoms with Crippen molar-refractivity contribution in [3.05, 3.63) is 71.8 Å². The molecule has 6 nitrogen and oxygen atoms in total. The molecule has 3 rings (SSSR count). The highest BCUT2D eigenvalue weighted by Gasteiger charge is 2.41. The SMILES string of the molecule is CN(Cc1ccccc1)C(=O)[C@@H]1CC(O)CN1C(=O)OCc1ccccc1. The first-order valence-electron chi connectivity index (χ1n) is 8.99. The summed E-state index contributed by atoms with van der Waals surface area (Å²) in [6.07, 6.45) is -1.09. The number of likely N-dealkylation sites (N-methyl/N-ethyl adjacent to an activating group) is 1. The fourth-order valence-electron chi connectivity index (χ4n) is 3.24. The van der Waals surface area contributed by atoms with E-state index in [2.05, 4.69) is 0 Å². The third-order valence-electron chi connectivity index (χ3n) is 4.64. The third-order valence-corrected chi connectivity index (χ3v) is 4.64. The van der Waals surface area contributed by atoms with Crippen molar-refractivity contribution in [3.8, 4) is 0 Å². The predicted octanol–water partition coefficient (Wildman–Crippen LogP) is 2.42. The maximum atomic E-state index is 12.8. The molecule has 2 aromatic rings. The maximum absolute atomic E-state index is 12.8. The van der Waals surface area contributed by atoms with E-state index in [9.17, 15) is 14.7 Å². The van der Waals surface area contributed by atoms with Crippen molar-refractivity contribution in [2.24, 2.45) is 0 Å². The van der Waals surface area contributed by atoms with Gasteiger partial charge in [0.1, 0.15) is 12.6 Å². The van der Waals surface area contributed by atoms with Crippen LogP contribution in [0.15, 0.2) is 60.7 Å². The molecular formula is C21H24N2O4. The maximum Gasteiger partial charge on any atom is 0.410 e. The van der Waals surface area contributed by atoms with E-state index in [1.54, 1.807) is 11.9 Å². The van der Waals surface area contributed by atoms with Gasteiger partial charge in [-0.2, -0.15) is 0 Å². The molecule has 2 amide bonds. The van der Waals surface area contributed by atoms with Crippen LogP contribution in [0.2, 0.25) is 0 Å². The zero-order valence-corrected chi connectivity index (χ0v) is 15.3. The lowest BCUT2D eigenvalue weighted by Gasteiger charge is -2.27. The number of hydrogen-bond acceptors (Lipinski definition) is 4. The molecule has 1 unspecified atom stereocenters. The molecule has 6 heteroatoms. The molecule has 0 radical (unpaired) electrons. The van der Waals surface area contributed by atoms with Crippen LogP contribution in [0.5, 0.6) is 0 Å². The average Bonchev–Trinajstić information content (AvgIpc) is 3.09. The number of carbonyl (C=O) groups is 2. The number of aliphatic hydroxyl groups excluding tert-OH is 1. The van der Waals surface area contributed by atoms with E-state index in [1.165, 1.54) is 4.90 Å². The quantitative estimate of drug-likeness (QED) is 0.880. The number of ether oxygens (including phenoxy) is 1. The van der Waals surface area contributed by atoms with Crippen molar-refractivity contribution < 1.29 is 19.4 Å². The van der Waals surface area contributed by atoms with Crippen molar-refractivity contribution in [2.45, 2.75) is 31.7 Å². The molecule has 0 aromatic heterocycles. The van der Waals surface area contributed by atoms with Crippen molar-refractivity contribution in [1.82, 2.24) is 9.80 Å². The van der Waals surface area contributed by atoms with E-state index in [-0.39, 0.29) is 25.5 Å². The summed E-state index contributed by atoms with van der Waals surface area (Å²) in [7, 11) is 1.70. The highest BCUT2D eigenvalue weighted by molar-refractivity contribution is 5.86. The molecule has 2 aromatic carbocycles. The van der Waals surface area contributed by atoms with Crippen molar-refractivity contribution in [3.63, 3.8) is 0 Å². The van der Waals surface area contributed by atoms with Gasteiger partial charge in [0.2, 0.25) is 5.91 Å². The number of rotatable bonds is 5. The van der Waals surface area contributed by atoms with Gasteiger partial charge in [-0.1, -0.05) is 60.7 Å². The van der Waals surface area contributed by atoms with Crippen LogP contribution < -0.4 is 0 Å². The largest absolute Gasteiger partial charge is 0.445 e. The standard InChI is InChI=1S/C21H24N2O4/c1-22(13-16-8-4-2-5-9-16)20(25)19-12-18(24)14-23(19)21(26)27-15-17-10-6-3-7-11-17/h2-11,18-19,24H,12-15H2,1H3/t18?,19-/m0/s1. The average molecular weight is 368 g/mol. The minimum Gasteiger partial charge on any atom is -0.445 e. The molecule has 2 atom stereocenters. The van der Waals surface area contributed by atoms with Gasteiger partial charge in [0, 0.05) is 20.0 Å². The Kier molecular flexibility index (Phi) is 6.08. The van der Waals surface area contributed by atoms with Gasteiger partial charge < -0.3 is 14.7 Å². The Morgan fingerprint density at radius 3 is 2.30 bits per heavy atom. The van der Waals surface area contributed by atoms with Crippen LogP contribution in [0, 0.1) is 0 Å². The van der Waals surface area contributed by atoms with Crippen molar-refractivity contribution >= 4 is 12.0 Å². The minimum atomic E-state index is -0.728. The molecule has 1 fully saturated rings. The van der Waals surface area contributed by atoms with Gasteiger partial charge in [-0.25, -0.2) is 4.79 Å². The van der Waals surface area contributed by atoms with Gasteiger partial charge in [-0.05, 0) is 11.1 Å². The molecule has 0 bridgehead atoms. The van der Waals surface area contributed by atoms with Crippen LogP contribution in [0.1, 0.15) is 17.5 Å². The Labute approximate surface area is 159 Å². The van der Waals surface area contributed by atoms with Crippen LogP contribution in [0.4, 0.5) is 4.79 Å². The fraction of sp³-hybridized carbons (Fsp3) is 0.333. The highest BCUT2D eigenvalue weighted by atomic mass is 16.6. The van der Waals surface area contributed by atoms with E-state index in [0.717, 1.165) is 11.1 Å². The van der Waals surface area contributed by atoms with Crippen LogP contribution in [-0.4, -0.2) is 52.6 Å². The number of aliphatic hydroxyl groups is 1. The van der Waals surface area contributed by atoms with Gasteiger partial charge in [0.25, 0.3) is 0 Å². The smallest absolute Gasteiger partial charge is 0.410 e. The lowest BCUT2D eigenvalue weighted by molar-refractivity contribution is -0.134. The second-order valence-electron chi connectivity index (χ2n) is 6.78. The molecule has 27 heavy (non-hydrogen) atoms. The zero-order chi connectivity index (χ0) is 19.2. The summed E-state index contributed by atoms with van der Waals surface area (Å²) in [5.74, 6) is -0.202. The number of carbonyl (C=O) groups excluding carboxylic acids is 2. The number of likely N-dealkylation sites (tertiary alicyclic amines) is 1. The number of β-amino-alcohol motifs (C(OH)–C–C–N with tert-alkyl or cyclic N) is 1. The highest BCUT2D eigenvalue weighted by Crippen LogP contribution is 2.22. The molecule has 1 heterocycles. The molecule has 1 aliphatic heterocycles. The molecular weight excluding hydrogens is 344 g/mol. The Morgan fingerprint density at radius 1 is 1.07 bits per heavy atom. The molecule has 142 valence electrons. The second kappa shape index (κ2) is 8.68. The summed E-state index contributed by atoms with van der Waals surface area (Å²) in [5.41, 5.74) is 1.87. The van der Waals surface area contributed by atoms with E-state index < -0.39 is 18.2 Å². The molecule has 0 aliphatic carbocycles. The first-order valence-corrected chi connectivity index (χ1v) is 8.99. The van der Waals surface area contributed by atoms with Gasteiger partial charge in [0.05, 0.1) is 12.6 Å². The van der Waals surface area contributed by atoms with Gasteiger partial charge >= 0.3 is 6.09 Å². The van der Waals surface area contributed by atoms with E-state index in [1.807, 2.05) is 60.7 Å². The molecule has 0 spiro atoms. The lowest BCUT2D eigenvalue weighted by atomic mass is 10.1. The third kappa shape index (κ3) is 4.86. The number of amides is 2. The van der Waals surface area contributed by atoms with Crippen molar-refractivity contribution in [1.29, 1.82) is 0 Å².